The zero-order chi connectivity index (χ0) is 14.5. The summed E-state index contributed by atoms with van der Waals surface area (Å²) in [5, 5.41) is 5.62. The van der Waals surface area contributed by atoms with Gasteiger partial charge in [-0.1, -0.05) is 0 Å². The number of benzene rings is 1. The number of carbonyl (C=O) groups excluding carboxylic acids is 1. The number of furan rings is 1. The maximum absolute atomic E-state index is 11.9. The Morgan fingerprint density at radius 2 is 2.15 bits per heavy atom. The van der Waals surface area contributed by atoms with Crippen molar-refractivity contribution >= 4 is 34.6 Å². The first kappa shape index (κ1) is 13.9. The van der Waals surface area contributed by atoms with Crippen molar-refractivity contribution in [3.63, 3.8) is 0 Å². The molecule has 0 saturated heterocycles. The smallest absolute Gasteiger partial charge is 0.291 e. The minimum atomic E-state index is -0.374. The molecule has 20 heavy (non-hydrogen) atoms. The molecule has 1 aromatic heterocycles. The van der Waals surface area contributed by atoms with Crippen molar-refractivity contribution in [2.45, 2.75) is 0 Å². The van der Waals surface area contributed by atoms with Gasteiger partial charge in [-0.2, -0.15) is 0 Å². The first-order valence-corrected chi connectivity index (χ1v) is 6.10. The summed E-state index contributed by atoms with van der Waals surface area (Å²) in [6, 6.07) is 8.30. The van der Waals surface area contributed by atoms with Crippen molar-refractivity contribution in [1.29, 1.82) is 0 Å². The molecular formula is C13H13N3O3S. The highest BCUT2D eigenvalue weighted by Crippen LogP contribution is 2.28. The fourth-order valence-electron chi connectivity index (χ4n) is 1.62. The molecule has 2 aromatic rings. The Hall–Kier alpha value is -2.54. The predicted octanol–water partition coefficient (Wildman–Crippen LogP) is 2.20. The zero-order valence-corrected chi connectivity index (χ0v) is 11.5. The average molecular weight is 291 g/mol. The molecule has 4 N–H and O–H groups in total. The summed E-state index contributed by atoms with van der Waals surface area (Å²) >= 11 is 4.77. The van der Waals surface area contributed by atoms with Gasteiger partial charge in [0.1, 0.15) is 5.75 Å². The lowest BCUT2D eigenvalue weighted by Crippen LogP contribution is -2.19. The molecule has 6 nitrogen and oxygen atoms in total. The van der Waals surface area contributed by atoms with Gasteiger partial charge in [0, 0.05) is 5.69 Å². The molecular weight excluding hydrogens is 278 g/mol. The molecule has 0 bridgehead atoms. The van der Waals surface area contributed by atoms with Crippen molar-refractivity contribution in [2.24, 2.45) is 5.73 Å². The summed E-state index contributed by atoms with van der Waals surface area (Å²) in [4.78, 5) is 11.9. The number of hydrogen-bond acceptors (Lipinski definition) is 4. The van der Waals surface area contributed by atoms with Crippen molar-refractivity contribution in [2.75, 3.05) is 17.7 Å². The van der Waals surface area contributed by atoms with Crippen LogP contribution >= 0.6 is 12.2 Å². The number of ether oxygens (including phenoxy) is 1. The molecule has 0 aliphatic heterocycles. The van der Waals surface area contributed by atoms with E-state index in [1.54, 1.807) is 30.3 Å². The summed E-state index contributed by atoms with van der Waals surface area (Å²) in [6.45, 7) is 0. The lowest BCUT2D eigenvalue weighted by molar-refractivity contribution is 0.0996. The molecule has 0 radical (unpaired) electrons. The third-order valence-electron chi connectivity index (χ3n) is 2.46. The molecule has 0 atom stereocenters. The SMILES string of the molecule is COc1ccc(NC(N)=S)cc1NC(=O)c1ccco1. The van der Waals surface area contributed by atoms with E-state index in [9.17, 15) is 4.79 Å². The van der Waals surface area contributed by atoms with Crippen molar-refractivity contribution < 1.29 is 13.9 Å². The van der Waals surface area contributed by atoms with E-state index < -0.39 is 0 Å². The van der Waals surface area contributed by atoms with Gasteiger partial charge >= 0.3 is 0 Å². The third kappa shape index (κ3) is 3.27. The van der Waals surface area contributed by atoms with Crippen LogP contribution in [0.4, 0.5) is 11.4 Å². The topological polar surface area (TPSA) is 89.5 Å². The highest BCUT2D eigenvalue weighted by Gasteiger charge is 2.12. The number of carbonyl (C=O) groups is 1. The Labute approximate surface area is 120 Å². The Balaban J connectivity index is 2.24. The molecule has 0 fully saturated rings. The molecule has 0 spiro atoms. The van der Waals surface area contributed by atoms with Crippen LogP contribution in [0.2, 0.25) is 0 Å². The van der Waals surface area contributed by atoms with E-state index in [4.69, 9.17) is 27.1 Å². The number of nitrogens with one attached hydrogen (secondary N) is 2. The predicted molar refractivity (Wildman–Crippen MR) is 80.1 cm³/mol. The quantitative estimate of drug-likeness (QED) is 0.748. The normalized spacial score (nSPS) is 9.85. The van der Waals surface area contributed by atoms with Crippen molar-refractivity contribution in [1.82, 2.24) is 0 Å². The summed E-state index contributed by atoms with van der Waals surface area (Å²) in [5.41, 5.74) is 6.54. The van der Waals surface area contributed by atoms with Crippen LogP contribution in [-0.4, -0.2) is 18.1 Å². The second-order valence-electron chi connectivity index (χ2n) is 3.84. The van der Waals surface area contributed by atoms with Crippen LogP contribution < -0.4 is 21.1 Å². The van der Waals surface area contributed by atoms with Gasteiger partial charge in [-0.3, -0.25) is 4.79 Å². The first-order chi connectivity index (χ1) is 9.60. The zero-order valence-electron chi connectivity index (χ0n) is 10.7. The lowest BCUT2D eigenvalue weighted by atomic mass is 10.2. The lowest BCUT2D eigenvalue weighted by Gasteiger charge is -2.12. The highest BCUT2D eigenvalue weighted by atomic mass is 32.1. The van der Waals surface area contributed by atoms with Gasteiger partial charge in [0.05, 0.1) is 19.1 Å². The molecule has 0 unspecified atom stereocenters. The standard InChI is InChI=1S/C13H13N3O3S/c1-18-10-5-4-8(15-13(14)20)7-9(10)16-12(17)11-3-2-6-19-11/h2-7H,1H3,(H,16,17)(H3,14,15,20). The minimum absolute atomic E-state index is 0.137. The molecule has 104 valence electrons. The van der Waals surface area contributed by atoms with Gasteiger partial charge in [0.2, 0.25) is 0 Å². The van der Waals surface area contributed by atoms with E-state index in [1.807, 2.05) is 0 Å². The number of nitrogens with two attached hydrogens (primary N) is 1. The van der Waals surface area contributed by atoms with Crippen LogP contribution in [0, 0.1) is 0 Å². The summed E-state index contributed by atoms with van der Waals surface area (Å²) in [6.07, 6.45) is 1.43. The number of methoxy groups -OCH3 is 1. The third-order valence-corrected chi connectivity index (χ3v) is 2.56. The van der Waals surface area contributed by atoms with E-state index in [1.165, 1.54) is 13.4 Å². The summed E-state index contributed by atoms with van der Waals surface area (Å²) in [5.74, 6) is 0.346. The van der Waals surface area contributed by atoms with E-state index >= 15 is 0 Å². The van der Waals surface area contributed by atoms with E-state index in [2.05, 4.69) is 10.6 Å². The molecule has 2 rings (SSSR count). The van der Waals surface area contributed by atoms with Crippen LogP contribution in [0.1, 0.15) is 10.6 Å². The van der Waals surface area contributed by atoms with E-state index in [0.29, 0.717) is 17.1 Å². The van der Waals surface area contributed by atoms with Gasteiger partial charge in [0.15, 0.2) is 10.9 Å². The fourth-order valence-corrected chi connectivity index (χ4v) is 1.74. The Morgan fingerprint density at radius 1 is 1.35 bits per heavy atom. The van der Waals surface area contributed by atoms with Crippen LogP contribution in [0.3, 0.4) is 0 Å². The Bertz CT molecular complexity index is 626. The van der Waals surface area contributed by atoms with Crippen LogP contribution in [-0.2, 0) is 0 Å². The Kier molecular flexibility index (Phi) is 4.21. The second-order valence-corrected chi connectivity index (χ2v) is 4.28. The van der Waals surface area contributed by atoms with Crippen molar-refractivity contribution in [3.8, 4) is 5.75 Å². The van der Waals surface area contributed by atoms with E-state index in [0.717, 1.165) is 0 Å². The first-order valence-electron chi connectivity index (χ1n) is 5.69. The van der Waals surface area contributed by atoms with E-state index in [-0.39, 0.29) is 16.8 Å². The number of amides is 1. The van der Waals surface area contributed by atoms with Crippen LogP contribution in [0.15, 0.2) is 41.0 Å². The largest absolute Gasteiger partial charge is 0.495 e. The van der Waals surface area contributed by atoms with Crippen LogP contribution in [0.25, 0.3) is 0 Å². The molecule has 1 aromatic carbocycles. The van der Waals surface area contributed by atoms with Crippen molar-refractivity contribution in [3.05, 3.63) is 42.4 Å². The number of rotatable bonds is 4. The molecule has 7 heteroatoms. The van der Waals surface area contributed by atoms with Gasteiger partial charge in [-0.05, 0) is 42.5 Å². The average Bonchev–Trinajstić information content (AvgIpc) is 2.92. The van der Waals surface area contributed by atoms with Gasteiger partial charge in [0.25, 0.3) is 5.91 Å². The summed E-state index contributed by atoms with van der Waals surface area (Å²) in [7, 11) is 1.51. The second kappa shape index (κ2) is 6.07. The Morgan fingerprint density at radius 3 is 2.75 bits per heavy atom. The number of hydrogen-bond donors (Lipinski definition) is 3. The maximum Gasteiger partial charge on any atom is 0.291 e. The number of thiocarbonyl (C=S) groups is 1. The highest BCUT2D eigenvalue weighted by molar-refractivity contribution is 7.80. The monoisotopic (exact) mass is 291 g/mol. The molecule has 0 saturated carbocycles. The van der Waals surface area contributed by atoms with Crippen LogP contribution in [0.5, 0.6) is 5.75 Å². The summed E-state index contributed by atoms with van der Waals surface area (Å²) < 4.78 is 10.2. The van der Waals surface area contributed by atoms with Gasteiger partial charge in [-0.15, -0.1) is 0 Å². The minimum Gasteiger partial charge on any atom is -0.495 e. The van der Waals surface area contributed by atoms with Gasteiger partial charge in [-0.25, -0.2) is 0 Å². The molecule has 1 heterocycles. The molecule has 0 aliphatic carbocycles. The molecule has 1 amide bonds. The van der Waals surface area contributed by atoms with Gasteiger partial charge < -0.3 is 25.5 Å². The maximum atomic E-state index is 11.9. The molecule has 0 aliphatic rings. The fraction of sp³-hybridized carbons (Fsp3) is 0.0769. The number of anilines is 2.